The van der Waals surface area contributed by atoms with Crippen LogP contribution in [0.2, 0.25) is 10.0 Å². The normalized spacial score (nSPS) is 10.4. The van der Waals surface area contributed by atoms with Gasteiger partial charge in [-0.15, -0.1) is 0 Å². The number of nitrogens with zero attached hydrogens (tertiary/aromatic N) is 2. The van der Waals surface area contributed by atoms with Crippen molar-refractivity contribution in [1.82, 2.24) is 10.3 Å². The largest absolute Gasteiger partial charge is 0.493 e. The van der Waals surface area contributed by atoms with Gasteiger partial charge >= 0.3 is 6.03 Å². The minimum Gasteiger partial charge on any atom is -0.493 e. The summed E-state index contributed by atoms with van der Waals surface area (Å²) in [4.78, 5) is 43.7. The molecule has 3 rings (SSSR count). The van der Waals surface area contributed by atoms with E-state index < -0.39 is 11.8 Å². The van der Waals surface area contributed by atoms with E-state index in [0.29, 0.717) is 28.7 Å². The molecule has 0 saturated heterocycles. The predicted octanol–water partition coefficient (Wildman–Crippen LogP) is 4.40. The van der Waals surface area contributed by atoms with Gasteiger partial charge in [-0.3, -0.25) is 14.5 Å². The summed E-state index contributed by atoms with van der Waals surface area (Å²) in [5.41, 5.74) is 6.63. The number of benzene rings is 2. The van der Waals surface area contributed by atoms with E-state index in [1.807, 2.05) is 0 Å². The SMILES string of the molecule is CNC(=O)N(C)c1ccc(C(=O)Nc2ccc(Cl)cc2C(=O)Nc2ccc(Cl)cn2)c(OCCCN)c1. The standard InChI is InChI=1S/C25H26Cl2N6O4/c1-29-25(36)33(2)17-6-7-18(21(13-17)37-11-3-10-28)23(34)31-20-8-4-15(26)12-19(20)24(35)32-22-9-5-16(27)14-30-22/h4-9,12-14H,3,10-11,28H2,1-2H3,(H,29,36)(H,31,34)(H,30,32,35). The molecule has 12 heteroatoms. The summed E-state index contributed by atoms with van der Waals surface area (Å²) in [7, 11) is 3.11. The maximum atomic E-state index is 13.3. The van der Waals surface area contributed by atoms with Crippen LogP contribution < -0.4 is 31.3 Å². The fraction of sp³-hybridized carbons (Fsp3) is 0.200. The lowest BCUT2D eigenvalue weighted by Gasteiger charge is -2.19. The van der Waals surface area contributed by atoms with Gasteiger partial charge in [-0.05, 0) is 55.4 Å². The fourth-order valence-electron chi connectivity index (χ4n) is 3.21. The molecule has 37 heavy (non-hydrogen) atoms. The Balaban J connectivity index is 1.89. The number of hydrogen-bond acceptors (Lipinski definition) is 6. The molecule has 10 nitrogen and oxygen atoms in total. The molecule has 1 aromatic heterocycles. The zero-order chi connectivity index (χ0) is 26.9. The van der Waals surface area contributed by atoms with Crippen LogP contribution in [0.5, 0.6) is 5.75 Å². The summed E-state index contributed by atoms with van der Waals surface area (Å²) >= 11 is 12.0. The molecule has 0 bridgehead atoms. The Kier molecular flexibility index (Phi) is 9.67. The van der Waals surface area contributed by atoms with Crippen molar-refractivity contribution in [1.29, 1.82) is 0 Å². The Morgan fingerprint density at radius 2 is 1.70 bits per heavy atom. The zero-order valence-corrected chi connectivity index (χ0v) is 21.7. The first-order valence-electron chi connectivity index (χ1n) is 11.2. The quantitative estimate of drug-likeness (QED) is 0.294. The average molecular weight is 545 g/mol. The molecule has 4 amide bonds. The number of urea groups is 1. The van der Waals surface area contributed by atoms with Crippen molar-refractivity contribution in [2.24, 2.45) is 5.73 Å². The summed E-state index contributed by atoms with van der Waals surface area (Å²) in [6.07, 6.45) is 1.96. The van der Waals surface area contributed by atoms with Crippen LogP contribution in [0.25, 0.3) is 0 Å². The number of hydrogen-bond donors (Lipinski definition) is 4. The molecule has 0 radical (unpaired) electrons. The van der Waals surface area contributed by atoms with E-state index in [1.54, 1.807) is 37.4 Å². The van der Waals surface area contributed by atoms with Crippen LogP contribution in [0.1, 0.15) is 27.1 Å². The summed E-state index contributed by atoms with van der Waals surface area (Å²) < 4.78 is 5.81. The molecule has 194 valence electrons. The van der Waals surface area contributed by atoms with Crippen molar-refractivity contribution < 1.29 is 19.1 Å². The molecule has 2 aromatic carbocycles. The summed E-state index contributed by atoms with van der Waals surface area (Å²) in [6, 6.07) is 12.0. The van der Waals surface area contributed by atoms with Crippen LogP contribution in [-0.4, -0.2) is 50.1 Å². The van der Waals surface area contributed by atoms with Crippen molar-refractivity contribution in [3.8, 4) is 5.75 Å². The molecule has 0 saturated carbocycles. The van der Waals surface area contributed by atoms with Crippen molar-refractivity contribution in [3.05, 3.63) is 75.9 Å². The number of amides is 4. The molecule has 0 fully saturated rings. The Morgan fingerprint density at radius 1 is 0.973 bits per heavy atom. The number of carbonyl (C=O) groups excluding carboxylic acids is 3. The second-order valence-electron chi connectivity index (χ2n) is 7.75. The number of aromatic nitrogens is 1. The molecule has 0 atom stereocenters. The third-order valence-corrected chi connectivity index (χ3v) is 5.62. The first-order valence-corrected chi connectivity index (χ1v) is 11.9. The number of anilines is 3. The van der Waals surface area contributed by atoms with Gasteiger partial charge in [-0.2, -0.15) is 0 Å². The zero-order valence-electron chi connectivity index (χ0n) is 20.2. The molecule has 0 unspecified atom stereocenters. The number of carbonyl (C=O) groups is 3. The molecule has 3 aromatic rings. The van der Waals surface area contributed by atoms with E-state index in [0.717, 1.165) is 0 Å². The van der Waals surface area contributed by atoms with Crippen molar-refractivity contribution in [3.63, 3.8) is 0 Å². The lowest BCUT2D eigenvalue weighted by molar-refractivity contribution is 0.102. The van der Waals surface area contributed by atoms with Gasteiger partial charge in [-0.25, -0.2) is 9.78 Å². The fourth-order valence-corrected chi connectivity index (χ4v) is 3.50. The minimum absolute atomic E-state index is 0.124. The lowest BCUT2D eigenvalue weighted by atomic mass is 10.1. The summed E-state index contributed by atoms with van der Waals surface area (Å²) in [6.45, 7) is 0.678. The van der Waals surface area contributed by atoms with E-state index in [1.165, 1.54) is 36.3 Å². The molecule has 0 spiro atoms. The lowest BCUT2D eigenvalue weighted by Crippen LogP contribution is -2.34. The Bertz CT molecular complexity index is 1290. The van der Waals surface area contributed by atoms with Gasteiger partial charge in [-0.1, -0.05) is 23.2 Å². The Labute approximate surface area is 224 Å². The van der Waals surface area contributed by atoms with E-state index in [2.05, 4.69) is 20.9 Å². The highest BCUT2D eigenvalue weighted by Crippen LogP contribution is 2.28. The summed E-state index contributed by atoms with van der Waals surface area (Å²) in [5, 5.41) is 8.66. The molecule has 0 aliphatic carbocycles. The molecular weight excluding hydrogens is 519 g/mol. The molecular formula is C25H26Cl2N6O4. The van der Waals surface area contributed by atoms with Gasteiger partial charge < -0.3 is 26.4 Å². The van der Waals surface area contributed by atoms with Crippen LogP contribution in [0.4, 0.5) is 22.0 Å². The first-order chi connectivity index (χ1) is 17.7. The third-order valence-electron chi connectivity index (χ3n) is 5.17. The van der Waals surface area contributed by atoms with E-state index in [4.69, 9.17) is 33.7 Å². The maximum absolute atomic E-state index is 13.3. The second kappa shape index (κ2) is 12.9. The number of pyridine rings is 1. The van der Waals surface area contributed by atoms with Crippen molar-refractivity contribution in [2.75, 3.05) is 42.8 Å². The topological polar surface area (TPSA) is 139 Å². The highest BCUT2D eigenvalue weighted by Gasteiger charge is 2.20. The first kappa shape index (κ1) is 27.7. The highest BCUT2D eigenvalue weighted by atomic mass is 35.5. The van der Waals surface area contributed by atoms with E-state index >= 15 is 0 Å². The molecule has 0 aliphatic heterocycles. The van der Waals surface area contributed by atoms with Crippen molar-refractivity contribution >= 4 is 58.2 Å². The highest BCUT2D eigenvalue weighted by molar-refractivity contribution is 6.31. The van der Waals surface area contributed by atoms with Crippen LogP contribution in [0.3, 0.4) is 0 Å². The van der Waals surface area contributed by atoms with Gasteiger partial charge in [0, 0.05) is 37.1 Å². The average Bonchev–Trinajstić information content (AvgIpc) is 2.90. The molecule has 0 aliphatic rings. The predicted molar refractivity (Wildman–Crippen MR) is 145 cm³/mol. The summed E-state index contributed by atoms with van der Waals surface area (Å²) in [5.74, 6) is -0.532. The number of nitrogens with one attached hydrogen (secondary N) is 3. The van der Waals surface area contributed by atoms with Crippen LogP contribution in [0, 0.1) is 0 Å². The molecule has 5 N–H and O–H groups in total. The smallest absolute Gasteiger partial charge is 0.321 e. The maximum Gasteiger partial charge on any atom is 0.321 e. The van der Waals surface area contributed by atoms with E-state index in [9.17, 15) is 14.4 Å². The minimum atomic E-state index is -0.533. The van der Waals surface area contributed by atoms with E-state index in [-0.39, 0.29) is 41.0 Å². The number of halogens is 2. The van der Waals surface area contributed by atoms with Gasteiger partial charge in [0.15, 0.2) is 0 Å². The molecule has 1 heterocycles. The van der Waals surface area contributed by atoms with Gasteiger partial charge in [0.2, 0.25) is 0 Å². The Morgan fingerprint density at radius 3 is 2.38 bits per heavy atom. The van der Waals surface area contributed by atoms with Crippen LogP contribution in [-0.2, 0) is 0 Å². The van der Waals surface area contributed by atoms with Gasteiger partial charge in [0.05, 0.1) is 28.4 Å². The third kappa shape index (κ3) is 7.32. The van der Waals surface area contributed by atoms with Gasteiger partial charge in [0.25, 0.3) is 11.8 Å². The monoisotopic (exact) mass is 544 g/mol. The van der Waals surface area contributed by atoms with Crippen LogP contribution >= 0.6 is 23.2 Å². The number of rotatable bonds is 9. The second-order valence-corrected chi connectivity index (χ2v) is 8.62. The van der Waals surface area contributed by atoms with Gasteiger partial charge in [0.1, 0.15) is 11.6 Å². The van der Waals surface area contributed by atoms with Crippen LogP contribution in [0.15, 0.2) is 54.7 Å². The number of nitrogens with two attached hydrogens (primary N) is 1. The Hall–Kier alpha value is -3.86. The number of ether oxygens (including phenoxy) is 1. The van der Waals surface area contributed by atoms with Crippen molar-refractivity contribution in [2.45, 2.75) is 6.42 Å².